The highest BCUT2D eigenvalue weighted by Gasteiger charge is 2.44. The van der Waals surface area contributed by atoms with Gasteiger partial charge in [-0.1, -0.05) is 12.1 Å². The molecule has 0 bridgehead atoms. The van der Waals surface area contributed by atoms with Crippen LogP contribution < -0.4 is 4.74 Å². The van der Waals surface area contributed by atoms with Crippen LogP contribution in [0.2, 0.25) is 0 Å². The first-order valence-electron chi connectivity index (χ1n) is 8.94. The Morgan fingerprint density at radius 2 is 1.83 bits per heavy atom. The zero-order valence-corrected chi connectivity index (χ0v) is 16.9. The third-order valence-corrected chi connectivity index (χ3v) is 6.42. The molecule has 2 aromatic rings. The fourth-order valence-corrected chi connectivity index (χ4v) is 4.67. The van der Waals surface area contributed by atoms with E-state index in [2.05, 4.69) is 0 Å². The molecule has 0 amide bonds. The van der Waals surface area contributed by atoms with Crippen LogP contribution in [0.3, 0.4) is 0 Å². The lowest BCUT2D eigenvalue weighted by Gasteiger charge is -2.40. The van der Waals surface area contributed by atoms with Gasteiger partial charge in [0.05, 0.1) is 17.1 Å². The number of hydrogen-bond acceptors (Lipinski definition) is 5. The van der Waals surface area contributed by atoms with Crippen molar-refractivity contribution in [1.82, 2.24) is 4.31 Å². The molecule has 1 heterocycles. The molecule has 1 aliphatic rings. The summed E-state index contributed by atoms with van der Waals surface area (Å²) in [5.74, 6) is -1.16. The first-order valence-corrected chi connectivity index (χ1v) is 10.4. The van der Waals surface area contributed by atoms with Crippen molar-refractivity contribution in [3.05, 3.63) is 59.9 Å². The van der Waals surface area contributed by atoms with E-state index >= 15 is 0 Å². The van der Waals surface area contributed by atoms with Gasteiger partial charge in [0, 0.05) is 6.54 Å². The summed E-state index contributed by atoms with van der Waals surface area (Å²) in [6.45, 7) is 3.32. The number of rotatable bonds is 6. The summed E-state index contributed by atoms with van der Waals surface area (Å²) < 4.78 is 51.1. The van der Waals surface area contributed by atoms with Gasteiger partial charge in [0.1, 0.15) is 24.2 Å². The summed E-state index contributed by atoms with van der Waals surface area (Å²) in [6.07, 6.45) is 0. The average molecular weight is 423 g/mol. The molecule has 3 rings (SSSR count). The van der Waals surface area contributed by atoms with Crippen molar-refractivity contribution in [3.63, 3.8) is 0 Å². The van der Waals surface area contributed by atoms with Crippen LogP contribution in [0, 0.1) is 5.82 Å². The standard InChI is InChI=1S/C20H22FNO6S/c1-20(2)13-22(18(12-28-20)19(23)24)29(25,26)17-9-7-16(8-10-17)27-11-14-3-5-15(21)6-4-14/h3-10,18H,11-13H2,1-2H3,(H,23,24)/t18-/m1/s1. The number of ether oxygens (including phenoxy) is 2. The molecule has 0 aliphatic carbocycles. The summed E-state index contributed by atoms with van der Waals surface area (Å²) in [5.41, 5.74) is -0.0278. The molecule has 1 saturated heterocycles. The molecule has 9 heteroatoms. The number of carboxylic acid groups (broad SMARTS) is 1. The second-order valence-corrected chi connectivity index (χ2v) is 9.25. The lowest BCUT2D eigenvalue weighted by molar-refractivity contribution is -0.154. The molecule has 0 radical (unpaired) electrons. The number of halogens is 1. The molecule has 156 valence electrons. The van der Waals surface area contributed by atoms with Crippen molar-refractivity contribution in [1.29, 1.82) is 0 Å². The maximum atomic E-state index is 13.0. The molecule has 2 aromatic carbocycles. The van der Waals surface area contributed by atoms with Crippen molar-refractivity contribution in [2.24, 2.45) is 0 Å². The molecule has 1 atom stereocenters. The van der Waals surface area contributed by atoms with Crippen LogP contribution in [0.25, 0.3) is 0 Å². The van der Waals surface area contributed by atoms with Gasteiger partial charge in [0.2, 0.25) is 10.0 Å². The molecule has 0 spiro atoms. The third-order valence-electron chi connectivity index (χ3n) is 4.55. The summed E-state index contributed by atoms with van der Waals surface area (Å²) >= 11 is 0. The number of nitrogens with zero attached hydrogens (tertiary/aromatic N) is 1. The number of sulfonamides is 1. The molecule has 0 aromatic heterocycles. The summed E-state index contributed by atoms with van der Waals surface area (Å²) in [6, 6.07) is 10.3. The highest BCUT2D eigenvalue weighted by atomic mass is 32.2. The van der Waals surface area contributed by atoms with E-state index in [0.717, 1.165) is 9.87 Å². The fourth-order valence-electron chi connectivity index (χ4n) is 2.96. The molecular formula is C20H22FNO6S. The minimum Gasteiger partial charge on any atom is -0.489 e. The predicted octanol–water partition coefficient (Wildman–Crippen LogP) is 2.66. The zero-order valence-electron chi connectivity index (χ0n) is 16.0. The van der Waals surface area contributed by atoms with E-state index in [1.807, 2.05) is 0 Å². The maximum absolute atomic E-state index is 13.0. The van der Waals surface area contributed by atoms with E-state index in [0.29, 0.717) is 5.75 Å². The SMILES string of the molecule is CC1(C)CN(S(=O)(=O)c2ccc(OCc3ccc(F)cc3)cc2)[C@@H](C(=O)O)CO1. The minimum absolute atomic E-state index is 0.0319. The highest BCUT2D eigenvalue weighted by molar-refractivity contribution is 7.89. The van der Waals surface area contributed by atoms with Gasteiger partial charge in [-0.3, -0.25) is 4.79 Å². The Bertz CT molecular complexity index is 973. The number of carboxylic acids is 1. The topological polar surface area (TPSA) is 93.1 Å². The highest BCUT2D eigenvalue weighted by Crippen LogP contribution is 2.28. The number of carbonyl (C=O) groups is 1. The lowest BCUT2D eigenvalue weighted by atomic mass is 10.1. The number of morpholine rings is 1. The second-order valence-electron chi connectivity index (χ2n) is 7.36. The van der Waals surface area contributed by atoms with Crippen molar-refractivity contribution in [2.75, 3.05) is 13.2 Å². The fraction of sp³-hybridized carbons (Fsp3) is 0.350. The van der Waals surface area contributed by atoms with Crippen molar-refractivity contribution >= 4 is 16.0 Å². The Kier molecular flexibility index (Phi) is 5.92. The maximum Gasteiger partial charge on any atom is 0.324 e. The van der Waals surface area contributed by atoms with E-state index < -0.39 is 27.6 Å². The Hall–Kier alpha value is -2.49. The summed E-state index contributed by atoms with van der Waals surface area (Å²) in [4.78, 5) is 11.5. The molecule has 1 N–H and O–H groups in total. The Balaban J connectivity index is 1.76. The predicted molar refractivity (Wildman–Crippen MR) is 103 cm³/mol. The zero-order chi connectivity index (χ0) is 21.2. The smallest absolute Gasteiger partial charge is 0.324 e. The van der Waals surface area contributed by atoms with E-state index in [9.17, 15) is 22.7 Å². The van der Waals surface area contributed by atoms with E-state index in [4.69, 9.17) is 9.47 Å². The van der Waals surface area contributed by atoms with E-state index in [1.54, 1.807) is 26.0 Å². The van der Waals surface area contributed by atoms with Gasteiger partial charge in [-0.25, -0.2) is 12.8 Å². The second kappa shape index (κ2) is 8.10. The van der Waals surface area contributed by atoms with Gasteiger partial charge in [0.25, 0.3) is 0 Å². The van der Waals surface area contributed by atoms with Crippen LogP contribution in [0.15, 0.2) is 53.4 Å². The van der Waals surface area contributed by atoms with Gasteiger partial charge >= 0.3 is 5.97 Å². The normalized spacial score (nSPS) is 19.6. The van der Waals surface area contributed by atoms with Crippen LogP contribution in [-0.2, 0) is 26.2 Å². The average Bonchev–Trinajstić information content (AvgIpc) is 2.67. The quantitative estimate of drug-likeness (QED) is 0.768. The molecule has 0 saturated carbocycles. The molecule has 0 unspecified atom stereocenters. The third kappa shape index (κ3) is 4.92. The van der Waals surface area contributed by atoms with Gasteiger partial charge in [-0.2, -0.15) is 4.31 Å². The van der Waals surface area contributed by atoms with Crippen LogP contribution in [0.1, 0.15) is 19.4 Å². The first-order chi connectivity index (χ1) is 13.6. The molecule has 1 fully saturated rings. The van der Waals surface area contributed by atoms with Crippen molar-refractivity contribution in [2.45, 2.75) is 37.0 Å². The number of hydrogen-bond donors (Lipinski definition) is 1. The molecule has 29 heavy (non-hydrogen) atoms. The number of benzene rings is 2. The minimum atomic E-state index is -4.04. The van der Waals surface area contributed by atoms with Crippen molar-refractivity contribution < 1.29 is 32.2 Å². The van der Waals surface area contributed by atoms with Crippen LogP contribution in [-0.4, -0.2) is 48.6 Å². The van der Waals surface area contributed by atoms with Gasteiger partial charge in [-0.15, -0.1) is 0 Å². The molecular weight excluding hydrogens is 401 g/mol. The molecule has 7 nitrogen and oxygen atoms in total. The first kappa shape index (κ1) is 21.2. The Morgan fingerprint density at radius 3 is 2.41 bits per heavy atom. The number of aliphatic carboxylic acids is 1. The largest absolute Gasteiger partial charge is 0.489 e. The van der Waals surface area contributed by atoms with Gasteiger partial charge in [0.15, 0.2) is 0 Å². The van der Waals surface area contributed by atoms with E-state index in [1.165, 1.54) is 36.4 Å². The summed E-state index contributed by atoms with van der Waals surface area (Å²) in [5, 5.41) is 9.40. The Labute approximate surface area is 168 Å². The van der Waals surface area contributed by atoms with Gasteiger partial charge in [-0.05, 0) is 55.8 Å². The summed E-state index contributed by atoms with van der Waals surface area (Å²) in [7, 11) is -4.04. The monoisotopic (exact) mass is 423 g/mol. The van der Waals surface area contributed by atoms with Crippen molar-refractivity contribution in [3.8, 4) is 5.75 Å². The van der Waals surface area contributed by atoms with Crippen LogP contribution in [0.4, 0.5) is 4.39 Å². The molecule has 1 aliphatic heterocycles. The lowest BCUT2D eigenvalue weighted by Crippen LogP contribution is -2.58. The van der Waals surface area contributed by atoms with Gasteiger partial charge < -0.3 is 14.6 Å². The Morgan fingerprint density at radius 1 is 1.21 bits per heavy atom. The van der Waals surface area contributed by atoms with Crippen LogP contribution in [0.5, 0.6) is 5.75 Å². The van der Waals surface area contributed by atoms with E-state index in [-0.39, 0.29) is 30.5 Å². The van der Waals surface area contributed by atoms with Crippen LogP contribution >= 0.6 is 0 Å².